The molecule has 2 fully saturated rings. The third kappa shape index (κ3) is 1.62. The van der Waals surface area contributed by atoms with Crippen molar-refractivity contribution in [1.82, 2.24) is 13.9 Å². The minimum absolute atomic E-state index is 0.0898. The molecule has 1 aromatic rings. The SMILES string of the molecule is CC1CC2(CCC2)CN1S(=O)(=O)c1nccn1C. The third-order valence-electron chi connectivity index (χ3n) is 4.44. The minimum Gasteiger partial charge on any atom is -0.324 e. The molecule has 1 atom stereocenters. The standard InChI is InChI=1S/C12H19N3O2S/c1-10-8-12(4-3-5-12)9-15(10)18(16,17)11-13-6-7-14(11)2/h6-7,10H,3-5,8-9H2,1-2H3. The molecular weight excluding hydrogens is 250 g/mol. The van der Waals surface area contributed by atoms with Gasteiger partial charge in [0.2, 0.25) is 5.16 Å². The van der Waals surface area contributed by atoms with Crippen LogP contribution in [0, 0.1) is 5.41 Å². The van der Waals surface area contributed by atoms with Crippen molar-refractivity contribution in [2.75, 3.05) is 6.54 Å². The summed E-state index contributed by atoms with van der Waals surface area (Å²) in [4.78, 5) is 3.99. The van der Waals surface area contributed by atoms with Gasteiger partial charge in [0.05, 0.1) is 0 Å². The molecule has 6 heteroatoms. The van der Waals surface area contributed by atoms with E-state index in [1.54, 1.807) is 22.1 Å². The number of aryl methyl sites for hydroxylation is 1. The monoisotopic (exact) mass is 269 g/mol. The maximum atomic E-state index is 12.6. The van der Waals surface area contributed by atoms with Gasteiger partial charge in [-0.05, 0) is 31.6 Å². The normalized spacial score (nSPS) is 27.6. The van der Waals surface area contributed by atoms with Gasteiger partial charge < -0.3 is 4.57 Å². The van der Waals surface area contributed by atoms with Crippen molar-refractivity contribution in [2.45, 2.75) is 43.8 Å². The summed E-state index contributed by atoms with van der Waals surface area (Å²) in [6.45, 7) is 2.68. The number of aromatic nitrogens is 2. The second-order valence-corrected chi connectivity index (χ2v) is 7.56. The van der Waals surface area contributed by atoms with E-state index in [0.29, 0.717) is 6.54 Å². The molecule has 2 aliphatic rings. The van der Waals surface area contributed by atoms with E-state index in [1.807, 2.05) is 6.92 Å². The second-order valence-electron chi connectivity index (χ2n) is 5.78. The first-order chi connectivity index (χ1) is 8.45. The van der Waals surface area contributed by atoms with E-state index in [9.17, 15) is 8.42 Å². The Morgan fingerprint density at radius 2 is 2.17 bits per heavy atom. The molecule has 3 rings (SSSR count). The van der Waals surface area contributed by atoms with Gasteiger partial charge in [0.1, 0.15) is 0 Å². The van der Waals surface area contributed by atoms with Crippen LogP contribution in [0.5, 0.6) is 0 Å². The molecule has 0 bridgehead atoms. The first kappa shape index (κ1) is 12.2. The Balaban J connectivity index is 1.93. The van der Waals surface area contributed by atoms with Gasteiger partial charge in [-0.1, -0.05) is 6.42 Å². The quantitative estimate of drug-likeness (QED) is 0.815. The van der Waals surface area contributed by atoms with Crippen LogP contribution in [0.2, 0.25) is 0 Å². The van der Waals surface area contributed by atoms with Gasteiger partial charge in [-0.2, -0.15) is 4.31 Å². The van der Waals surface area contributed by atoms with Crippen LogP contribution < -0.4 is 0 Å². The van der Waals surface area contributed by atoms with Crippen molar-refractivity contribution in [3.8, 4) is 0 Å². The van der Waals surface area contributed by atoms with E-state index in [2.05, 4.69) is 4.98 Å². The smallest absolute Gasteiger partial charge is 0.277 e. The highest BCUT2D eigenvalue weighted by molar-refractivity contribution is 7.89. The molecule has 1 aliphatic carbocycles. The lowest BCUT2D eigenvalue weighted by Crippen LogP contribution is -2.38. The molecule has 1 saturated heterocycles. The Bertz CT molecular complexity index is 560. The van der Waals surface area contributed by atoms with Crippen LogP contribution in [-0.4, -0.2) is 34.9 Å². The fourth-order valence-corrected chi connectivity index (χ4v) is 5.17. The van der Waals surface area contributed by atoms with Crippen LogP contribution in [0.3, 0.4) is 0 Å². The molecule has 2 heterocycles. The summed E-state index contributed by atoms with van der Waals surface area (Å²) in [7, 11) is -1.72. The second kappa shape index (κ2) is 3.81. The molecule has 0 amide bonds. The Morgan fingerprint density at radius 3 is 2.61 bits per heavy atom. The Morgan fingerprint density at radius 1 is 1.44 bits per heavy atom. The third-order valence-corrected chi connectivity index (χ3v) is 6.40. The lowest BCUT2D eigenvalue weighted by Gasteiger charge is -2.37. The van der Waals surface area contributed by atoms with E-state index in [0.717, 1.165) is 6.42 Å². The van der Waals surface area contributed by atoms with Gasteiger partial charge in [0.15, 0.2) is 0 Å². The van der Waals surface area contributed by atoms with Crippen molar-refractivity contribution in [3.05, 3.63) is 12.4 Å². The number of nitrogens with zero attached hydrogens (tertiary/aromatic N) is 3. The topological polar surface area (TPSA) is 55.2 Å². The molecule has 0 radical (unpaired) electrons. The Hall–Kier alpha value is -0.880. The van der Waals surface area contributed by atoms with Gasteiger partial charge in [-0.15, -0.1) is 0 Å². The molecule has 1 aliphatic heterocycles. The van der Waals surface area contributed by atoms with E-state index in [-0.39, 0.29) is 16.6 Å². The Labute approximate surface area is 108 Å². The highest BCUT2D eigenvalue weighted by Crippen LogP contribution is 2.51. The van der Waals surface area contributed by atoms with Crippen molar-refractivity contribution < 1.29 is 8.42 Å². The molecule has 100 valence electrons. The number of hydrogen-bond donors (Lipinski definition) is 0. The fraction of sp³-hybridized carbons (Fsp3) is 0.750. The van der Waals surface area contributed by atoms with Crippen molar-refractivity contribution in [1.29, 1.82) is 0 Å². The van der Waals surface area contributed by atoms with Crippen molar-refractivity contribution in [3.63, 3.8) is 0 Å². The summed E-state index contributed by atoms with van der Waals surface area (Å²) in [5.74, 6) is 0. The van der Waals surface area contributed by atoms with Crippen LogP contribution in [0.4, 0.5) is 0 Å². The van der Waals surface area contributed by atoms with E-state index in [1.165, 1.54) is 25.5 Å². The number of sulfonamides is 1. The summed E-state index contributed by atoms with van der Waals surface area (Å²) < 4.78 is 28.4. The van der Waals surface area contributed by atoms with Crippen LogP contribution >= 0.6 is 0 Å². The molecule has 1 saturated carbocycles. The molecule has 1 unspecified atom stereocenters. The molecule has 1 aromatic heterocycles. The van der Waals surface area contributed by atoms with E-state index >= 15 is 0 Å². The highest BCUT2D eigenvalue weighted by atomic mass is 32.2. The zero-order valence-electron chi connectivity index (χ0n) is 10.8. The van der Waals surface area contributed by atoms with Crippen LogP contribution in [-0.2, 0) is 17.1 Å². The molecule has 18 heavy (non-hydrogen) atoms. The average molecular weight is 269 g/mol. The summed E-state index contributed by atoms with van der Waals surface area (Å²) >= 11 is 0. The number of imidazole rings is 1. The van der Waals surface area contributed by atoms with E-state index in [4.69, 9.17) is 0 Å². The average Bonchev–Trinajstić information content (AvgIpc) is 2.81. The van der Waals surface area contributed by atoms with Gasteiger partial charge in [-0.3, -0.25) is 0 Å². The maximum Gasteiger partial charge on any atom is 0.277 e. The molecule has 5 nitrogen and oxygen atoms in total. The predicted molar refractivity (Wildman–Crippen MR) is 67.5 cm³/mol. The largest absolute Gasteiger partial charge is 0.324 e. The molecule has 0 aromatic carbocycles. The van der Waals surface area contributed by atoms with Crippen LogP contribution in [0.25, 0.3) is 0 Å². The number of hydrogen-bond acceptors (Lipinski definition) is 3. The van der Waals surface area contributed by atoms with Gasteiger partial charge in [-0.25, -0.2) is 13.4 Å². The molecule has 0 N–H and O–H groups in total. The summed E-state index contributed by atoms with van der Waals surface area (Å²) in [5.41, 5.74) is 0.262. The van der Waals surface area contributed by atoms with Gasteiger partial charge in [0, 0.05) is 32.0 Å². The lowest BCUT2D eigenvalue weighted by atomic mass is 9.68. The van der Waals surface area contributed by atoms with Gasteiger partial charge in [0.25, 0.3) is 10.0 Å². The summed E-state index contributed by atoms with van der Waals surface area (Å²) in [6, 6.07) is 0.0898. The fourth-order valence-electron chi connectivity index (χ4n) is 3.35. The Kier molecular flexibility index (Phi) is 2.57. The van der Waals surface area contributed by atoms with Gasteiger partial charge >= 0.3 is 0 Å². The zero-order valence-corrected chi connectivity index (χ0v) is 11.7. The van der Waals surface area contributed by atoms with Crippen LogP contribution in [0.1, 0.15) is 32.6 Å². The first-order valence-corrected chi connectivity index (χ1v) is 7.88. The van der Waals surface area contributed by atoms with E-state index < -0.39 is 10.0 Å². The first-order valence-electron chi connectivity index (χ1n) is 6.44. The minimum atomic E-state index is -3.44. The summed E-state index contributed by atoms with van der Waals surface area (Å²) in [5, 5.41) is 0.158. The predicted octanol–water partition coefficient (Wildman–Crippen LogP) is 1.37. The highest BCUT2D eigenvalue weighted by Gasteiger charge is 2.50. The van der Waals surface area contributed by atoms with Crippen LogP contribution in [0.15, 0.2) is 17.6 Å². The maximum absolute atomic E-state index is 12.6. The zero-order chi connectivity index (χ0) is 13.0. The molecular formula is C12H19N3O2S. The summed E-state index contributed by atoms with van der Waals surface area (Å²) in [6.07, 6.45) is 7.78. The van der Waals surface area contributed by atoms with Crippen molar-refractivity contribution in [2.24, 2.45) is 12.5 Å². The number of rotatable bonds is 2. The molecule has 1 spiro atoms. The van der Waals surface area contributed by atoms with Crippen molar-refractivity contribution >= 4 is 10.0 Å². The lowest BCUT2D eigenvalue weighted by molar-refractivity contribution is 0.152.